The van der Waals surface area contributed by atoms with E-state index in [9.17, 15) is 19.7 Å². The van der Waals surface area contributed by atoms with Gasteiger partial charge in [0.25, 0.3) is 11.6 Å². The molecule has 1 atom stereocenters. The van der Waals surface area contributed by atoms with Crippen molar-refractivity contribution in [3.63, 3.8) is 0 Å². The van der Waals surface area contributed by atoms with Gasteiger partial charge in [0.2, 0.25) is 0 Å². The van der Waals surface area contributed by atoms with E-state index in [1.807, 2.05) is 0 Å². The Morgan fingerprint density at radius 2 is 1.86 bits per heavy atom. The number of nitro benzene ring substituents is 1. The molecule has 0 fully saturated rings. The van der Waals surface area contributed by atoms with Crippen LogP contribution in [0.2, 0.25) is 0 Å². The molecule has 0 aliphatic heterocycles. The number of rotatable bonds is 8. The molecule has 148 valence electrons. The lowest BCUT2D eigenvalue weighted by Crippen LogP contribution is -2.35. The molecule has 0 saturated heterocycles. The summed E-state index contributed by atoms with van der Waals surface area (Å²) in [5.41, 5.74) is 0.854. The van der Waals surface area contributed by atoms with Gasteiger partial charge in [-0.25, -0.2) is 4.79 Å². The SMILES string of the molecule is CNc1ccc(C(=O)O[C@@H](C)C(=O)NCc2ccc(OC)cc2)cc1[N+](=O)[O-]. The number of nitrogens with one attached hydrogen (secondary N) is 2. The summed E-state index contributed by atoms with van der Waals surface area (Å²) in [4.78, 5) is 34.9. The second kappa shape index (κ2) is 9.36. The van der Waals surface area contributed by atoms with E-state index in [2.05, 4.69) is 10.6 Å². The van der Waals surface area contributed by atoms with E-state index < -0.39 is 22.9 Å². The van der Waals surface area contributed by atoms with Gasteiger partial charge in [-0.3, -0.25) is 14.9 Å². The Morgan fingerprint density at radius 3 is 2.43 bits per heavy atom. The predicted molar refractivity (Wildman–Crippen MR) is 102 cm³/mol. The van der Waals surface area contributed by atoms with Crippen molar-refractivity contribution < 1.29 is 24.0 Å². The monoisotopic (exact) mass is 387 g/mol. The summed E-state index contributed by atoms with van der Waals surface area (Å²) in [6.07, 6.45) is -1.06. The maximum absolute atomic E-state index is 12.2. The number of methoxy groups -OCH3 is 1. The summed E-state index contributed by atoms with van der Waals surface area (Å²) in [5.74, 6) is -0.598. The van der Waals surface area contributed by atoms with E-state index in [1.54, 1.807) is 31.4 Å². The van der Waals surface area contributed by atoms with E-state index in [0.29, 0.717) is 5.75 Å². The predicted octanol–water partition coefficient (Wildman–Crippen LogP) is 2.51. The van der Waals surface area contributed by atoms with Crippen molar-refractivity contribution in [2.24, 2.45) is 0 Å². The Bertz CT molecular complexity index is 866. The van der Waals surface area contributed by atoms with E-state index in [0.717, 1.165) is 11.6 Å². The molecule has 9 heteroatoms. The van der Waals surface area contributed by atoms with Gasteiger partial charge in [0.15, 0.2) is 6.10 Å². The summed E-state index contributed by atoms with van der Waals surface area (Å²) < 4.78 is 10.2. The first-order valence-electron chi connectivity index (χ1n) is 8.43. The normalized spacial score (nSPS) is 11.2. The molecule has 2 aromatic carbocycles. The van der Waals surface area contributed by atoms with Crippen molar-refractivity contribution in [2.45, 2.75) is 19.6 Å². The molecule has 1 amide bonds. The number of carbonyl (C=O) groups excluding carboxylic acids is 2. The molecule has 2 rings (SSSR count). The summed E-state index contributed by atoms with van der Waals surface area (Å²) in [7, 11) is 3.10. The highest BCUT2D eigenvalue weighted by Gasteiger charge is 2.22. The molecule has 0 heterocycles. The Morgan fingerprint density at radius 1 is 1.18 bits per heavy atom. The van der Waals surface area contributed by atoms with Crippen molar-refractivity contribution in [1.29, 1.82) is 0 Å². The summed E-state index contributed by atoms with van der Waals surface area (Å²) in [5, 5.41) is 16.4. The minimum atomic E-state index is -1.06. The highest BCUT2D eigenvalue weighted by Crippen LogP contribution is 2.25. The molecule has 9 nitrogen and oxygen atoms in total. The lowest BCUT2D eigenvalue weighted by Gasteiger charge is -2.14. The minimum absolute atomic E-state index is 0.0134. The Hall–Kier alpha value is -3.62. The largest absolute Gasteiger partial charge is 0.497 e. The maximum atomic E-state index is 12.2. The molecule has 0 bridgehead atoms. The molecule has 0 radical (unpaired) electrons. The molecule has 0 aliphatic rings. The van der Waals surface area contributed by atoms with Crippen LogP contribution in [0.25, 0.3) is 0 Å². The molecule has 0 spiro atoms. The summed E-state index contributed by atoms with van der Waals surface area (Å²) >= 11 is 0. The molecule has 2 aromatic rings. The number of carbonyl (C=O) groups is 2. The number of hydrogen-bond acceptors (Lipinski definition) is 7. The van der Waals surface area contributed by atoms with Crippen LogP contribution in [0.1, 0.15) is 22.8 Å². The Balaban J connectivity index is 1.96. The fourth-order valence-electron chi connectivity index (χ4n) is 2.38. The van der Waals surface area contributed by atoms with E-state index in [1.165, 1.54) is 26.1 Å². The molecule has 2 N–H and O–H groups in total. The van der Waals surface area contributed by atoms with Gasteiger partial charge in [-0.1, -0.05) is 12.1 Å². The number of ether oxygens (including phenoxy) is 2. The van der Waals surface area contributed by atoms with Gasteiger partial charge in [-0.15, -0.1) is 0 Å². The van der Waals surface area contributed by atoms with Crippen molar-refractivity contribution in [2.75, 3.05) is 19.5 Å². The second-order valence-electron chi connectivity index (χ2n) is 5.85. The van der Waals surface area contributed by atoms with Gasteiger partial charge in [0.05, 0.1) is 17.6 Å². The molecular formula is C19H21N3O6. The zero-order chi connectivity index (χ0) is 20.7. The van der Waals surface area contributed by atoms with E-state index in [-0.39, 0.29) is 23.5 Å². The van der Waals surface area contributed by atoms with Crippen molar-refractivity contribution in [3.05, 3.63) is 63.7 Å². The van der Waals surface area contributed by atoms with Gasteiger partial charge in [0, 0.05) is 19.7 Å². The highest BCUT2D eigenvalue weighted by molar-refractivity contribution is 5.93. The average molecular weight is 387 g/mol. The third kappa shape index (κ3) is 5.19. The summed E-state index contributed by atoms with van der Waals surface area (Å²) in [6.45, 7) is 1.69. The molecular weight excluding hydrogens is 366 g/mol. The van der Waals surface area contributed by atoms with Crippen molar-refractivity contribution in [3.8, 4) is 5.75 Å². The van der Waals surface area contributed by atoms with Gasteiger partial charge in [-0.05, 0) is 36.8 Å². The van der Waals surface area contributed by atoms with Gasteiger partial charge in [-0.2, -0.15) is 0 Å². The van der Waals surface area contributed by atoms with Crippen molar-refractivity contribution in [1.82, 2.24) is 5.32 Å². The van der Waals surface area contributed by atoms with E-state index in [4.69, 9.17) is 9.47 Å². The first kappa shape index (κ1) is 20.7. The minimum Gasteiger partial charge on any atom is -0.497 e. The second-order valence-corrected chi connectivity index (χ2v) is 5.85. The number of esters is 1. The van der Waals surface area contributed by atoms with Crippen LogP contribution in [0.3, 0.4) is 0 Å². The number of benzene rings is 2. The Kier molecular flexibility index (Phi) is 6.91. The number of anilines is 1. The van der Waals surface area contributed by atoms with Gasteiger partial charge >= 0.3 is 5.97 Å². The fraction of sp³-hybridized carbons (Fsp3) is 0.263. The van der Waals surface area contributed by atoms with Crippen LogP contribution in [0.15, 0.2) is 42.5 Å². The standard InChI is InChI=1S/C19H21N3O6/c1-12(18(23)21-11-13-4-7-15(27-3)8-5-13)28-19(24)14-6-9-16(20-2)17(10-14)22(25)26/h4-10,12,20H,11H2,1-3H3,(H,21,23)/t12-/m0/s1. The number of hydrogen-bond donors (Lipinski definition) is 2. The van der Waals surface area contributed by atoms with Crippen LogP contribution in [-0.2, 0) is 16.1 Å². The first-order chi connectivity index (χ1) is 13.3. The Labute approximate surface area is 161 Å². The molecule has 0 saturated carbocycles. The fourth-order valence-corrected chi connectivity index (χ4v) is 2.38. The quantitative estimate of drug-likeness (QED) is 0.406. The maximum Gasteiger partial charge on any atom is 0.339 e. The summed E-state index contributed by atoms with van der Waals surface area (Å²) in [6, 6.07) is 11.1. The molecule has 0 aromatic heterocycles. The topological polar surface area (TPSA) is 120 Å². The highest BCUT2D eigenvalue weighted by atomic mass is 16.6. The van der Waals surface area contributed by atoms with Gasteiger partial charge in [0.1, 0.15) is 11.4 Å². The third-order valence-electron chi connectivity index (χ3n) is 3.98. The smallest absolute Gasteiger partial charge is 0.339 e. The van der Waals surface area contributed by atoms with E-state index >= 15 is 0 Å². The molecule has 0 aliphatic carbocycles. The van der Waals surface area contributed by atoms with Crippen LogP contribution in [-0.4, -0.2) is 37.1 Å². The zero-order valence-corrected chi connectivity index (χ0v) is 15.7. The first-order valence-corrected chi connectivity index (χ1v) is 8.43. The van der Waals surface area contributed by atoms with Crippen LogP contribution < -0.4 is 15.4 Å². The number of nitrogens with zero attached hydrogens (tertiary/aromatic N) is 1. The van der Waals surface area contributed by atoms with Crippen molar-refractivity contribution >= 4 is 23.3 Å². The molecule has 0 unspecified atom stereocenters. The van der Waals surface area contributed by atoms with Crippen LogP contribution in [0.5, 0.6) is 5.75 Å². The lowest BCUT2D eigenvalue weighted by atomic mass is 10.1. The van der Waals surface area contributed by atoms with Crippen LogP contribution in [0, 0.1) is 10.1 Å². The van der Waals surface area contributed by atoms with Crippen LogP contribution >= 0.6 is 0 Å². The van der Waals surface area contributed by atoms with Crippen LogP contribution in [0.4, 0.5) is 11.4 Å². The average Bonchev–Trinajstić information content (AvgIpc) is 2.71. The third-order valence-corrected chi connectivity index (χ3v) is 3.98. The molecule has 28 heavy (non-hydrogen) atoms. The lowest BCUT2D eigenvalue weighted by molar-refractivity contribution is -0.384. The number of amides is 1. The van der Waals surface area contributed by atoms with Gasteiger partial charge < -0.3 is 20.1 Å². The number of nitro groups is 1. The zero-order valence-electron chi connectivity index (χ0n) is 15.7.